The van der Waals surface area contributed by atoms with E-state index < -0.39 is 12.1 Å². The van der Waals surface area contributed by atoms with Crippen molar-refractivity contribution in [1.29, 1.82) is 5.26 Å². The minimum absolute atomic E-state index is 0.0190. The zero-order chi connectivity index (χ0) is 25.5. The number of nitriles is 1. The SMILES string of the molecule is CO/N=C1/C[C@@H](C(=O)NCC(O)c2ccccc2)N(C(=O)c2ccc(-c3ccccc3C#N)cc2)C1. The number of amides is 2. The predicted molar refractivity (Wildman–Crippen MR) is 135 cm³/mol. The van der Waals surface area contributed by atoms with E-state index in [2.05, 4.69) is 16.5 Å². The largest absolute Gasteiger partial charge is 0.399 e. The zero-order valence-electron chi connectivity index (χ0n) is 19.8. The van der Waals surface area contributed by atoms with Gasteiger partial charge in [0.1, 0.15) is 13.2 Å². The van der Waals surface area contributed by atoms with Crippen molar-refractivity contribution < 1.29 is 19.5 Å². The molecule has 0 aliphatic carbocycles. The number of likely N-dealkylation sites (tertiary alicyclic amines) is 1. The first-order valence-electron chi connectivity index (χ1n) is 11.5. The molecule has 8 heteroatoms. The molecule has 0 spiro atoms. The number of rotatable bonds is 7. The van der Waals surface area contributed by atoms with Gasteiger partial charge < -0.3 is 20.2 Å². The van der Waals surface area contributed by atoms with Gasteiger partial charge in [-0.25, -0.2) is 0 Å². The molecule has 1 fully saturated rings. The molecule has 2 amide bonds. The van der Waals surface area contributed by atoms with Gasteiger partial charge in [-0.3, -0.25) is 9.59 Å². The first-order chi connectivity index (χ1) is 17.5. The monoisotopic (exact) mass is 482 g/mol. The van der Waals surface area contributed by atoms with E-state index in [1.165, 1.54) is 12.0 Å². The Morgan fingerprint density at radius 2 is 1.81 bits per heavy atom. The molecule has 3 aromatic carbocycles. The van der Waals surface area contributed by atoms with Crippen molar-refractivity contribution in [2.45, 2.75) is 18.6 Å². The second-order valence-corrected chi connectivity index (χ2v) is 8.40. The Hall–Kier alpha value is -4.48. The van der Waals surface area contributed by atoms with E-state index in [1.54, 1.807) is 48.5 Å². The van der Waals surface area contributed by atoms with Crippen LogP contribution < -0.4 is 5.32 Å². The number of hydrogen-bond donors (Lipinski definition) is 2. The van der Waals surface area contributed by atoms with E-state index in [4.69, 9.17) is 4.84 Å². The van der Waals surface area contributed by atoms with Crippen LogP contribution in [-0.2, 0) is 9.63 Å². The number of hydrogen-bond acceptors (Lipinski definition) is 6. The van der Waals surface area contributed by atoms with Gasteiger partial charge in [0.2, 0.25) is 5.91 Å². The molecule has 36 heavy (non-hydrogen) atoms. The summed E-state index contributed by atoms with van der Waals surface area (Å²) in [5.74, 6) is -0.695. The van der Waals surface area contributed by atoms with Crippen LogP contribution in [-0.4, -0.2) is 53.8 Å². The van der Waals surface area contributed by atoms with Gasteiger partial charge in [0.15, 0.2) is 0 Å². The zero-order valence-corrected chi connectivity index (χ0v) is 19.8. The van der Waals surface area contributed by atoms with Crippen LogP contribution >= 0.6 is 0 Å². The molecule has 0 bridgehead atoms. The van der Waals surface area contributed by atoms with Gasteiger partial charge in [-0.2, -0.15) is 5.26 Å². The van der Waals surface area contributed by atoms with Crippen molar-refractivity contribution in [1.82, 2.24) is 10.2 Å². The molecule has 1 heterocycles. The molecule has 4 rings (SSSR count). The number of benzene rings is 3. The lowest BCUT2D eigenvalue weighted by Crippen LogP contribution is -2.46. The van der Waals surface area contributed by atoms with Gasteiger partial charge >= 0.3 is 0 Å². The normalized spacial score (nSPS) is 16.9. The highest BCUT2D eigenvalue weighted by Crippen LogP contribution is 2.25. The maximum absolute atomic E-state index is 13.4. The Bertz CT molecular complexity index is 1300. The highest BCUT2D eigenvalue weighted by molar-refractivity contribution is 6.05. The molecule has 0 aromatic heterocycles. The Kier molecular flexibility index (Phi) is 7.73. The third-order valence-corrected chi connectivity index (χ3v) is 6.09. The topological polar surface area (TPSA) is 115 Å². The van der Waals surface area contributed by atoms with Crippen LogP contribution in [0.1, 0.15) is 34.0 Å². The molecule has 0 saturated carbocycles. The molecule has 8 nitrogen and oxygen atoms in total. The molecule has 1 unspecified atom stereocenters. The summed E-state index contributed by atoms with van der Waals surface area (Å²) >= 11 is 0. The van der Waals surface area contributed by atoms with Gasteiger partial charge in [-0.15, -0.1) is 0 Å². The second-order valence-electron chi connectivity index (χ2n) is 8.40. The Balaban J connectivity index is 1.50. The van der Waals surface area contributed by atoms with Crippen LogP contribution in [0.25, 0.3) is 11.1 Å². The van der Waals surface area contributed by atoms with E-state index in [1.807, 2.05) is 30.3 Å². The smallest absolute Gasteiger partial charge is 0.254 e. The molecule has 0 radical (unpaired) electrons. The van der Waals surface area contributed by atoms with Crippen LogP contribution in [0.3, 0.4) is 0 Å². The highest BCUT2D eigenvalue weighted by Gasteiger charge is 2.38. The van der Waals surface area contributed by atoms with E-state index in [-0.39, 0.29) is 31.3 Å². The molecule has 2 N–H and O–H groups in total. The first kappa shape index (κ1) is 24.6. The molecule has 1 aliphatic heterocycles. The summed E-state index contributed by atoms with van der Waals surface area (Å²) in [7, 11) is 1.42. The van der Waals surface area contributed by atoms with Gasteiger partial charge in [0.05, 0.1) is 30.0 Å². The summed E-state index contributed by atoms with van der Waals surface area (Å²) in [6.45, 7) is 0.177. The summed E-state index contributed by atoms with van der Waals surface area (Å²) < 4.78 is 0. The minimum atomic E-state index is -0.864. The van der Waals surface area contributed by atoms with Gasteiger partial charge in [0.25, 0.3) is 5.91 Å². The standard InChI is InChI=1S/C28H26N4O4/c1-36-31-23-15-25(27(34)30-17-26(33)20-7-3-2-4-8-20)32(18-23)28(35)21-13-11-19(12-14-21)24-10-6-5-9-22(24)16-29/h2-14,25-26,33H,15,17-18H2,1H3,(H,30,34)/b31-23-/t25-,26?/m0/s1. The maximum atomic E-state index is 13.4. The van der Waals surface area contributed by atoms with Gasteiger partial charge in [-0.05, 0) is 34.9 Å². The minimum Gasteiger partial charge on any atom is -0.399 e. The van der Waals surface area contributed by atoms with Crippen molar-refractivity contribution in [3.63, 3.8) is 0 Å². The van der Waals surface area contributed by atoms with Crippen molar-refractivity contribution >= 4 is 17.5 Å². The summed E-state index contributed by atoms with van der Waals surface area (Å²) in [5, 5.41) is 26.5. The lowest BCUT2D eigenvalue weighted by molar-refractivity contribution is -0.125. The molecule has 1 saturated heterocycles. The fraction of sp³-hybridized carbons (Fsp3) is 0.214. The number of carbonyl (C=O) groups excluding carboxylic acids is 2. The third kappa shape index (κ3) is 5.43. The van der Waals surface area contributed by atoms with Gasteiger partial charge in [-0.1, -0.05) is 65.8 Å². The number of aliphatic hydroxyl groups is 1. The molecule has 3 aromatic rings. The number of carbonyl (C=O) groups is 2. The van der Waals surface area contributed by atoms with E-state index in [0.717, 1.165) is 11.1 Å². The second kappa shape index (κ2) is 11.3. The molecular weight excluding hydrogens is 456 g/mol. The summed E-state index contributed by atoms with van der Waals surface area (Å²) in [4.78, 5) is 32.8. The average Bonchev–Trinajstić information content (AvgIpc) is 3.36. The number of nitrogens with zero attached hydrogens (tertiary/aromatic N) is 3. The lowest BCUT2D eigenvalue weighted by Gasteiger charge is -2.24. The average molecular weight is 483 g/mol. The van der Waals surface area contributed by atoms with Gasteiger partial charge in [0, 0.05) is 18.5 Å². The fourth-order valence-corrected chi connectivity index (χ4v) is 4.25. The van der Waals surface area contributed by atoms with Crippen LogP contribution in [0.15, 0.2) is 84.0 Å². The number of oxime groups is 1. The summed E-state index contributed by atoms with van der Waals surface area (Å²) in [6.07, 6.45) is -0.628. The molecule has 2 atom stereocenters. The Labute approximate surface area is 209 Å². The Morgan fingerprint density at radius 3 is 2.50 bits per heavy atom. The van der Waals surface area contributed by atoms with Crippen molar-refractivity contribution in [2.75, 3.05) is 20.2 Å². The highest BCUT2D eigenvalue weighted by atomic mass is 16.6. The van der Waals surface area contributed by atoms with E-state index in [9.17, 15) is 20.0 Å². The number of aliphatic hydroxyl groups excluding tert-OH is 1. The van der Waals surface area contributed by atoms with Crippen molar-refractivity contribution in [3.05, 3.63) is 95.6 Å². The Morgan fingerprint density at radius 1 is 1.11 bits per heavy atom. The van der Waals surface area contributed by atoms with Crippen molar-refractivity contribution in [3.8, 4) is 17.2 Å². The van der Waals surface area contributed by atoms with Crippen molar-refractivity contribution in [2.24, 2.45) is 5.16 Å². The summed E-state index contributed by atoms with van der Waals surface area (Å²) in [6, 6.07) is 24.6. The van der Waals surface area contributed by atoms with E-state index in [0.29, 0.717) is 22.4 Å². The predicted octanol–water partition coefficient (Wildman–Crippen LogP) is 3.29. The van der Waals surface area contributed by atoms with Crippen LogP contribution in [0.4, 0.5) is 0 Å². The first-order valence-corrected chi connectivity index (χ1v) is 11.5. The lowest BCUT2D eigenvalue weighted by atomic mass is 9.99. The number of nitrogens with one attached hydrogen (secondary N) is 1. The molecule has 1 aliphatic rings. The van der Waals surface area contributed by atoms with Crippen LogP contribution in [0, 0.1) is 11.3 Å². The van der Waals surface area contributed by atoms with E-state index >= 15 is 0 Å². The van der Waals surface area contributed by atoms with Crippen LogP contribution in [0.5, 0.6) is 0 Å². The third-order valence-electron chi connectivity index (χ3n) is 6.09. The molecule has 182 valence electrons. The quantitative estimate of drug-likeness (QED) is 0.502. The fourth-order valence-electron chi connectivity index (χ4n) is 4.25. The van der Waals surface area contributed by atoms with Crippen LogP contribution in [0.2, 0.25) is 0 Å². The summed E-state index contributed by atoms with van der Waals surface area (Å²) in [5.41, 5.74) is 3.82. The molecular formula is C28H26N4O4. The maximum Gasteiger partial charge on any atom is 0.254 e.